The lowest BCUT2D eigenvalue weighted by molar-refractivity contribution is 0.660. The minimum absolute atomic E-state index is 0.0660. The Hall–Kier alpha value is -6.12. The van der Waals surface area contributed by atoms with E-state index in [2.05, 4.69) is 176 Å². The van der Waals surface area contributed by atoms with Gasteiger partial charge in [-0.05, 0) is 92.0 Å². The number of rotatable bonds is 4. The molecule has 0 radical (unpaired) electrons. The summed E-state index contributed by atoms with van der Waals surface area (Å²) < 4.78 is 6.69. The van der Waals surface area contributed by atoms with Gasteiger partial charge in [0.25, 0.3) is 0 Å². The molecule has 0 saturated heterocycles. The molecule has 9 aromatic rings. The van der Waals surface area contributed by atoms with Gasteiger partial charge >= 0.3 is 0 Å². The Labute approximate surface area is 285 Å². The second-order valence-corrected chi connectivity index (χ2v) is 13.7. The van der Waals surface area contributed by atoms with E-state index in [1.54, 1.807) is 0 Å². The van der Waals surface area contributed by atoms with E-state index in [0.717, 1.165) is 49.8 Å². The topological polar surface area (TPSA) is 16.4 Å². The van der Waals surface area contributed by atoms with Crippen LogP contribution in [0.1, 0.15) is 25.0 Å². The number of hydrogen-bond donors (Lipinski definition) is 0. The summed E-state index contributed by atoms with van der Waals surface area (Å²) in [6, 6.07) is 59.5. The van der Waals surface area contributed by atoms with Crippen molar-refractivity contribution in [3.63, 3.8) is 0 Å². The fraction of sp³-hybridized carbons (Fsp3) is 0.0638. The Kier molecular flexibility index (Phi) is 5.95. The monoisotopic (exact) mass is 627 g/mol. The van der Waals surface area contributed by atoms with E-state index in [4.69, 9.17) is 4.42 Å². The predicted molar refractivity (Wildman–Crippen MR) is 206 cm³/mol. The average molecular weight is 628 g/mol. The predicted octanol–water partition coefficient (Wildman–Crippen LogP) is 13.3. The fourth-order valence-corrected chi connectivity index (χ4v) is 8.28. The lowest BCUT2D eigenvalue weighted by atomic mass is 9.82. The van der Waals surface area contributed by atoms with E-state index in [1.807, 2.05) is 6.07 Å². The van der Waals surface area contributed by atoms with Gasteiger partial charge in [-0.25, -0.2) is 0 Å². The molecule has 0 aliphatic heterocycles. The molecule has 49 heavy (non-hydrogen) atoms. The smallest absolute Gasteiger partial charge is 0.145 e. The molecule has 8 aromatic carbocycles. The van der Waals surface area contributed by atoms with Gasteiger partial charge in [0.2, 0.25) is 0 Å². The van der Waals surface area contributed by atoms with Crippen LogP contribution in [0.2, 0.25) is 0 Å². The Morgan fingerprint density at radius 1 is 0.469 bits per heavy atom. The Morgan fingerprint density at radius 2 is 1.16 bits per heavy atom. The Bertz CT molecular complexity index is 2760. The molecule has 0 spiro atoms. The molecule has 1 aliphatic rings. The summed E-state index contributed by atoms with van der Waals surface area (Å²) in [7, 11) is 0. The summed E-state index contributed by atoms with van der Waals surface area (Å²) in [5, 5.41) is 7.00. The molecule has 232 valence electrons. The summed E-state index contributed by atoms with van der Waals surface area (Å²) in [5.74, 6) is 0. The first kappa shape index (κ1) is 27.9. The quantitative estimate of drug-likeness (QED) is 0.193. The van der Waals surface area contributed by atoms with Crippen LogP contribution >= 0.6 is 0 Å². The number of para-hydroxylation sites is 1. The molecule has 1 heterocycles. The zero-order chi connectivity index (χ0) is 32.7. The normalized spacial score (nSPS) is 13.3. The highest BCUT2D eigenvalue weighted by atomic mass is 16.3. The maximum Gasteiger partial charge on any atom is 0.145 e. The number of benzene rings is 8. The van der Waals surface area contributed by atoms with E-state index in [1.165, 1.54) is 44.2 Å². The zero-order valence-electron chi connectivity index (χ0n) is 27.4. The third-order valence-electron chi connectivity index (χ3n) is 10.6. The summed E-state index contributed by atoms with van der Waals surface area (Å²) >= 11 is 0. The van der Waals surface area contributed by atoms with Gasteiger partial charge in [-0.2, -0.15) is 0 Å². The molecule has 0 amide bonds. The van der Waals surface area contributed by atoms with Crippen molar-refractivity contribution in [2.75, 3.05) is 4.90 Å². The van der Waals surface area contributed by atoms with Gasteiger partial charge in [0.15, 0.2) is 0 Å². The van der Waals surface area contributed by atoms with Crippen molar-refractivity contribution in [3.05, 3.63) is 175 Å². The van der Waals surface area contributed by atoms with Crippen LogP contribution in [0, 0.1) is 0 Å². The van der Waals surface area contributed by atoms with E-state index in [0.29, 0.717) is 0 Å². The molecular formula is C47H33NO. The lowest BCUT2D eigenvalue weighted by Crippen LogP contribution is -2.15. The van der Waals surface area contributed by atoms with Crippen molar-refractivity contribution in [1.29, 1.82) is 0 Å². The first-order valence-electron chi connectivity index (χ1n) is 17.0. The van der Waals surface area contributed by atoms with Crippen LogP contribution < -0.4 is 4.90 Å². The van der Waals surface area contributed by atoms with Crippen LogP contribution in [-0.4, -0.2) is 0 Å². The molecule has 0 fully saturated rings. The molecule has 10 rings (SSSR count). The second kappa shape index (κ2) is 10.4. The second-order valence-electron chi connectivity index (χ2n) is 13.7. The van der Waals surface area contributed by atoms with Gasteiger partial charge in [-0.1, -0.05) is 135 Å². The van der Waals surface area contributed by atoms with Gasteiger partial charge in [0.1, 0.15) is 11.2 Å². The highest BCUT2D eigenvalue weighted by Gasteiger charge is 2.35. The molecule has 0 N–H and O–H groups in total. The summed E-state index contributed by atoms with van der Waals surface area (Å²) in [5.41, 5.74) is 12.8. The average Bonchev–Trinajstić information content (AvgIpc) is 3.64. The zero-order valence-corrected chi connectivity index (χ0v) is 27.4. The number of furan rings is 1. The molecule has 2 heteroatoms. The van der Waals surface area contributed by atoms with E-state index in [-0.39, 0.29) is 5.41 Å². The molecule has 0 saturated carbocycles. The molecule has 1 aliphatic carbocycles. The standard InChI is InChI=1S/C47H33NO/c1-47(2)41-21-7-5-18-37(41)40-29-34(25-27-42(40)47)48(33-16-9-15-32(28-33)36-20-10-13-30-12-3-4-17-35(30)36)43-22-11-14-31-24-26-39-38-19-6-8-23-44(38)49-46(39)45(31)43/h3-29H,1-2H3. The van der Waals surface area contributed by atoms with Crippen LogP contribution in [0.15, 0.2) is 168 Å². The van der Waals surface area contributed by atoms with Gasteiger partial charge in [0, 0.05) is 32.9 Å². The molecular weight excluding hydrogens is 595 g/mol. The van der Waals surface area contributed by atoms with Crippen LogP contribution in [0.25, 0.3) is 65.7 Å². The Balaban J connectivity index is 1.26. The van der Waals surface area contributed by atoms with E-state index in [9.17, 15) is 0 Å². The van der Waals surface area contributed by atoms with Gasteiger partial charge in [-0.3, -0.25) is 0 Å². The maximum absolute atomic E-state index is 6.69. The van der Waals surface area contributed by atoms with Gasteiger partial charge in [-0.15, -0.1) is 0 Å². The van der Waals surface area contributed by atoms with Crippen LogP contribution in [-0.2, 0) is 5.41 Å². The molecule has 2 nitrogen and oxygen atoms in total. The van der Waals surface area contributed by atoms with Crippen molar-refractivity contribution >= 4 is 60.5 Å². The maximum atomic E-state index is 6.69. The van der Waals surface area contributed by atoms with E-state index >= 15 is 0 Å². The van der Waals surface area contributed by atoms with Crippen molar-refractivity contribution in [3.8, 4) is 22.3 Å². The van der Waals surface area contributed by atoms with Gasteiger partial charge in [0.05, 0.1) is 5.69 Å². The highest BCUT2D eigenvalue weighted by Crippen LogP contribution is 2.51. The molecule has 0 unspecified atom stereocenters. The fourth-order valence-electron chi connectivity index (χ4n) is 8.28. The van der Waals surface area contributed by atoms with Crippen molar-refractivity contribution in [2.24, 2.45) is 0 Å². The summed E-state index contributed by atoms with van der Waals surface area (Å²) in [6.07, 6.45) is 0. The number of hydrogen-bond acceptors (Lipinski definition) is 2. The van der Waals surface area contributed by atoms with Crippen molar-refractivity contribution in [1.82, 2.24) is 0 Å². The number of fused-ring (bicyclic) bond motifs is 9. The lowest BCUT2D eigenvalue weighted by Gasteiger charge is -2.28. The summed E-state index contributed by atoms with van der Waals surface area (Å²) in [6.45, 7) is 4.68. The van der Waals surface area contributed by atoms with Crippen molar-refractivity contribution < 1.29 is 4.42 Å². The van der Waals surface area contributed by atoms with Gasteiger partial charge < -0.3 is 9.32 Å². The first-order valence-corrected chi connectivity index (χ1v) is 17.0. The third-order valence-corrected chi connectivity index (χ3v) is 10.6. The van der Waals surface area contributed by atoms with Crippen LogP contribution in [0.3, 0.4) is 0 Å². The highest BCUT2D eigenvalue weighted by molar-refractivity contribution is 6.19. The van der Waals surface area contributed by atoms with E-state index < -0.39 is 0 Å². The summed E-state index contributed by atoms with van der Waals surface area (Å²) in [4.78, 5) is 2.43. The number of nitrogens with zero attached hydrogens (tertiary/aromatic N) is 1. The Morgan fingerprint density at radius 3 is 2.10 bits per heavy atom. The van der Waals surface area contributed by atoms with Crippen molar-refractivity contribution in [2.45, 2.75) is 19.3 Å². The van der Waals surface area contributed by atoms with Crippen LogP contribution in [0.4, 0.5) is 17.1 Å². The molecule has 1 aromatic heterocycles. The van der Waals surface area contributed by atoms with Crippen LogP contribution in [0.5, 0.6) is 0 Å². The minimum atomic E-state index is -0.0660. The molecule has 0 bridgehead atoms. The largest absolute Gasteiger partial charge is 0.455 e. The third kappa shape index (κ3) is 4.14. The first-order chi connectivity index (χ1) is 24.1. The SMILES string of the molecule is CC1(C)c2ccccc2-c2cc(N(c3cccc(-c4cccc5ccccc45)c3)c3cccc4ccc5c6ccccc6oc5c34)ccc21. The number of anilines is 3. The molecule has 0 atom stereocenters. The minimum Gasteiger partial charge on any atom is -0.455 e.